The molecule has 0 bridgehead atoms. The average Bonchev–Trinajstić information content (AvgIpc) is 2.78. The molecule has 0 spiro atoms. The number of hydrogen-bond acceptors (Lipinski definition) is 2. The third kappa shape index (κ3) is 6.46. The second kappa shape index (κ2) is 11.9. The van der Waals surface area contributed by atoms with Gasteiger partial charge in [-0.2, -0.15) is 0 Å². The van der Waals surface area contributed by atoms with Crippen LogP contribution in [0.25, 0.3) is 0 Å². The molecular weight excluding hydrogens is 409 g/mol. The molecule has 0 saturated carbocycles. The monoisotopic (exact) mass is 445 g/mol. The zero-order chi connectivity index (χ0) is 20.8. The van der Waals surface area contributed by atoms with Gasteiger partial charge in [0.15, 0.2) is 0 Å². The molecule has 0 radical (unpaired) electrons. The highest BCUT2D eigenvalue weighted by Crippen LogP contribution is 2.34. The number of benzene rings is 2. The van der Waals surface area contributed by atoms with Gasteiger partial charge in [-0.05, 0) is 98.5 Å². The van der Waals surface area contributed by atoms with Gasteiger partial charge in [-0.15, -0.1) is 12.4 Å². The van der Waals surface area contributed by atoms with E-state index in [4.69, 9.17) is 4.74 Å². The van der Waals surface area contributed by atoms with E-state index < -0.39 is 0 Å². The number of ether oxygens (including phenoxy) is 1. The van der Waals surface area contributed by atoms with Gasteiger partial charge in [0.1, 0.15) is 11.6 Å². The Morgan fingerprint density at radius 3 is 2.55 bits per heavy atom. The molecule has 0 N–H and O–H groups in total. The van der Waals surface area contributed by atoms with E-state index in [2.05, 4.69) is 30.0 Å². The number of fused-ring (bicyclic) bond motifs is 1. The van der Waals surface area contributed by atoms with Crippen molar-refractivity contribution in [1.29, 1.82) is 0 Å². The van der Waals surface area contributed by atoms with E-state index in [-0.39, 0.29) is 18.2 Å². The topological polar surface area (TPSA) is 12.5 Å². The quantitative estimate of drug-likeness (QED) is 0.414. The number of unbranched alkanes of at least 4 members (excludes halogenated alkanes) is 2. The van der Waals surface area contributed by atoms with Crippen LogP contribution in [0.1, 0.15) is 68.1 Å². The standard InChI is InChI=1S/C27H36FNO.ClH/c1-2-3-6-16-29-17-15-27(22-9-12-25(28)13-10-22)24(19-29)20-30-26-14-11-21-7-4-5-8-23(21)18-26;/h9-14,18,24,27H,2-8,15-17,19-20H2,1H3;1H. The lowest BCUT2D eigenvalue weighted by Crippen LogP contribution is -2.42. The summed E-state index contributed by atoms with van der Waals surface area (Å²) in [5, 5.41) is 0. The van der Waals surface area contributed by atoms with Crippen molar-refractivity contribution >= 4 is 12.4 Å². The van der Waals surface area contributed by atoms with E-state index >= 15 is 0 Å². The molecule has 0 aromatic heterocycles. The summed E-state index contributed by atoms with van der Waals surface area (Å²) < 4.78 is 19.8. The Bertz CT molecular complexity index is 809. The molecule has 1 saturated heterocycles. The summed E-state index contributed by atoms with van der Waals surface area (Å²) in [6, 6.07) is 13.8. The van der Waals surface area contributed by atoms with Crippen molar-refractivity contribution in [3.8, 4) is 5.75 Å². The molecule has 0 amide bonds. The third-order valence-electron chi connectivity index (χ3n) is 6.98. The Morgan fingerprint density at radius 2 is 1.77 bits per heavy atom. The predicted molar refractivity (Wildman–Crippen MR) is 129 cm³/mol. The highest BCUT2D eigenvalue weighted by Gasteiger charge is 2.31. The summed E-state index contributed by atoms with van der Waals surface area (Å²) in [6.45, 7) is 6.36. The fourth-order valence-corrected chi connectivity index (χ4v) is 5.22. The zero-order valence-corrected chi connectivity index (χ0v) is 19.6. The number of rotatable bonds is 8. The second-order valence-corrected chi connectivity index (χ2v) is 9.16. The van der Waals surface area contributed by atoms with Crippen LogP contribution < -0.4 is 4.74 Å². The average molecular weight is 446 g/mol. The molecule has 2 aliphatic rings. The highest BCUT2D eigenvalue weighted by atomic mass is 35.5. The van der Waals surface area contributed by atoms with Gasteiger partial charge in [0.25, 0.3) is 0 Å². The van der Waals surface area contributed by atoms with Gasteiger partial charge in [0, 0.05) is 12.5 Å². The summed E-state index contributed by atoms with van der Waals surface area (Å²) >= 11 is 0. The first-order valence-corrected chi connectivity index (χ1v) is 12.0. The summed E-state index contributed by atoms with van der Waals surface area (Å²) in [5.74, 6) is 1.72. The molecule has 2 nitrogen and oxygen atoms in total. The molecule has 1 fully saturated rings. The molecule has 2 aromatic rings. The van der Waals surface area contributed by atoms with Crippen molar-refractivity contribution in [2.45, 2.75) is 64.2 Å². The van der Waals surface area contributed by atoms with Crippen LogP contribution in [0.15, 0.2) is 42.5 Å². The molecular formula is C27H37ClFNO. The minimum Gasteiger partial charge on any atom is -0.493 e. The third-order valence-corrected chi connectivity index (χ3v) is 6.98. The van der Waals surface area contributed by atoms with Crippen LogP contribution in [0.4, 0.5) is 4.39 Å². The smallest absolute Gasteiger partial charge is 0.123 e. The SMILES string of the molecule is CCCCCN1CCC(c2ccc(F)cc2)C(COc2ccc3c(c2)CCCC3)C1.Cl. The van der Waals surface area contributed by atoms with Crippen molar-refractivity contribution in [2.24, 2.45) is 5.92 Å². The van der Waals surface area contributed by atoms with E-state index in [9.17, 15) is 4.39 Å². The van der Waals surface area contributed by atoms with Crippen molar-refractivity contribution in [2.75, 3.05) is 26.2 Å². The van der Waals surface area contributed by atoms with E-state index in [0.29, 0.717) is 11.8 Å². The Kier molecular flexibility index (Phi) is 9.22. The molecule has 4 heteroatoms. The Labute approximate surface area is 193 Å². The number of likely N-dealkylation sites (tertiary alicyclic amines) is 1. The van der Waals surface area contributed by atoms with Gasteiger partial charge in [-0.25, -0.2) is 4.39 Å². The van der Waals surface area contributed by atoms with Gasteiger partial charge in [-0.1, -0.05) is 38.0 Å². The lowest BCUT2D eigenvalue weighted by Gasteiger charge is -2.39. The number of nitrogens with zero attached hydrogens (tertiary/aromatic N) is 1. The first kappa shape index (κ1) is 24.1. The fourth-order valence-electron chi connectivity index (χ4n) is 5.22. The van der Waals surface area contributed by atoms with E-state index in [0.717, 1.165) is 31.9 Å². The molecule has 2 atom stereocenters. The van der Waals surface area contributed by atoms with Crippen LogP contribution >= 0.6 is 12.4 Å². The molecule has 1 aliphatic carbocycles. The Balaban J connectivity index is 0.00000272. The number of halogens is 2. The second-order valence-electron chi connectivity index (χ2n) is 9.16. The molecule has 1 aliphatic heterocycles. The molecule has 31 heavy (non-hydrogen) atoms. The minimum atomic E-state index is -0.155. The first-order valence-electron chi connectivity index (χ1n) is 12.0. The number of piperidine rings is 1. The largest absolute Gasteiger partial charge is 0.493 e. The summed E-state index contributed by atoms with van der Waals surface area (Å²) in [4.78, 5) is 2.61. The van der Waals surface area contributed by atoms with Gasteiger partial charge >= 0.3 is 0 Å². The molecule has 1 heterocycles. The lowest BCUT2D eigenvalue weighted by atomic mass is 9.80. The fraction of sp³-hybridized carbons (Fsp3) is 0.556. The molecule has 170 valence electrons. The molecule has 2 unspecified atom stereocenters. The number of hydrogen-bond donors (Lipinski definition) is 0. The first-order chi connectivity index (χ1) is 14.7. The van der Waals surface area contributed by atoms with Crippen molar-refractivity contribution in [3.05, 3.63) is 65.0 Å². The normalized spacial score (nSPS) is 21.2. The van der Waals surface area contributed by atoms with E-state index in [1.807, 2.05) is 12.1 Å². The maximum absolute atomic E-state index is 13.5. The Morgan fingerprint density at radius 1 is 1.00 bits per heavy atom. The van der Waals surface area contributed by atoms with Crippen LogP contribution in [-0.2, 0) is 12.8 Å². The summed E-state index contributed by atoms with van der Waals surface area (Å²) in [6.07, 6.45) is 9.94. The van der Waals surface area contributed by atoms with Gasteiger partial charge in [-0.3, -0.25) is 0 Å². The number of aryl methyl sites for hydroxylation is 2. The lowest BCUT2D eigenvalue weighted by molar-refractivity contribution is 0.109. The molecule has 2 aromatic carbocycles. The van der Waals surface area contributed by atoms with Crippen LogP contribution in [0.3, 0.4) is 0 Å². The van der Waals surface area contributed by atoms with Gasteiger partial charge in [0.2, 0.25) is 0 Å². The van der Waals surface area contributed by atoms with Crippen LogP contribution in [0, 0.1) is 11.7 Å². The van der Waals surface area contributed by atoms with Crippen molar-refractivity contribution < 1.29 is 9.13 Å². The zero-order valence-electron chi connectivity index (χ0n) is 18.8. The van der Waals surface area contributed by atoms with Crippen molar-refractivity contribution in [1.82, 2.24) is 4.90 Å². The maximum Gasteiger partial charge on any atom is 0.123 e. The van der Waals surface area contributed by atoms with E-state index in [1.54, 1.807) is 12.1 Å². The van der Waals surface area contributed by atoms with Gasteiger partial charge < -0.3 is 9.64 Å². The predicted octanol–water partition coefficient (Wildman–Crippen LogP) is 6.80. The maximum atomic E-state index is 13.5. The van der Waals surface area contributed by atoms with Crippen LogP contribution in [0.5, 0.6) is 5.75 Å². The van der Waals surface area contributed by atoms with Crippen molar-refractivity contribution in [3.63, 3.8) is 0 Å². The molecule has 4 rings (SSSR count). The summed E-state index contributed by atoms with van der Waals surface area (Å²) in [7, 11) is 0. The summed E-state index contributed by atoms with van der Waals surface area (Å²) in [5.41, 5.74) is 4.22. The van der Waals surface area contributed by atoms with E-state index in [1.165, 1.54) is 68.2 Å². The highest BCUT2D eigenvalue weighted by molar-refractivity contribution is 5.85. The minimum absolute atomic E-state index is 0. The van der Waals surface area contributed by atoms with Crippen LogP contribution in [-0.4, -0.2) is 31.1 Å². The van der Waals surface area contributed by atoms with Gasteiger partial charge in [0.05, 0.1) is 6.61 Å². The Hall–Kier alpha value is -1.58. The van der Waals surface area contributed by atoms with Crippen LogP contribution in [0.2, 0.25) is 0 Å².